The Morgan fingerprint density at radius 1 is 0.471 bits per heavy atom. The zero-order valence-electron chi connectivity index (χ0n) is 27.7. The van der Waals surface area contributed by atoms with E-state index >= 15 is 0 Å². The SMILES string of the molecule is O=C(O)C1[C@@H](C(=O)OCc2ccccc2)C(C(=O)N(Cc2ccccc2)Cc2ccc(Oc3ccccc3)cc2)[C@@H]1C(=O)OCc1ccccc1. The number of benzene rings is 5. The van der Waals surface area contributed by atoms with Gasteiger partial charge in [-0.25, -0.2) is 0 Å². The molecule has 1 fully saturated rings. The summed E-state index contributed by atoms with van der Waals surface area (Å²) in [7, 11) is 0. The van der Waals surface area contributed by atoms with Crippen molar-refractivity contribution in [3.05, 3.63) is 168 Å². The minimum atomic E-state index is -1.52. The maximum Gasteiger partial charge on any atom is 0.311 e. The monoisotopic (exact) mass is 683 g/mol. The Morgan fingerprint density at radius 3 is 1.31 bits per heavy atom. The van der Waals surface area contributed by atoms with E-state index < -0.39 is 47.5 Å². The van der Waals surface area contributed by atoms with E-state index in [1.807, 2.05) is 84.9 Å². The number of ether oxygens (including phenoxy) is 3. The van der Waals surface area contributed by atoms with Gasteiger partial charge in [0.25, 0.3) is 0 Å². The molecule has 6 rings (SSSR count). The van der Waals surface area contributed by atoms with Crippen molar-refractivity contribution in [3.63, 3.8) is 0 Å². The van der Waals surface area contributed by atoms with Crippen molar-refractivity contribution in [1.29, 1.82) is 0 Å². The molecule has 5 aromatic rings. The topological polar surface area (TPSA) is 119 Å². The van der Waals surface area contributed by atoms with Crippen LogP contribution < -0.4 is 4.74 Å². The van der Waals surface area contributed by atoms with Crippen molar-refractivity contribution in [2.45, 2.75) is 26.3 Å². The van der Waals surface area contributed by atoms with Crippen LogP contribution in [0.3, 0.4) is 0 Å². The summed E-state index contributed by atoms with van der Waals surface area (Å²) in [5.41, 5.74) is 2.98. The van der Waals surface area contributed by atoms with Crippen LogP contribution in [0, 0.1) is 23.7 Å². The second-order valence-corrected chi connectivity index (χ2v) is 12.4. The van der Waals surface area contributed by atoms with Crippen LogP contribution in [0.15, 0.2) is 146 Å². The number of carbonyl (C=O) groups excluding carboxylic acids is 3. The second-order valence-electron chi connectivity index (χ2n) is 12.4. The number of para-hydroxylation sites is 1. The Bertz CT molecular complexity index is 1850. The van der Waals surface area contributed by atoms with E-state index in [0.29, 0.717) is 22.6 Å². The highest BCUT2D eigenvalue weighted by atomic mass is 16.5. The number of rotatable bonds is 14. The Balaban J connectivity index is 1.29. The summed E-state index contributed by atoms with van der Waals surface area (Å²) >= 11 is 0. The first kappa shape index (κ1) is 34.6. The van der Waals surface area contributed by atoms with Crippen molar-refractivity contribution in [2.75, 3.05) is 0 Å². The van der Waals surface area contributed by atoms with Crippen molar-refractivity contribution in [1.82, 2.24) is 4.90 Å². The molecule has 9 nitrogen and oxygen atoms in total. The number of esters is 2. The molecule has 1 saturated carbocycles. The maximum atomic E-state index is 14.7. The van der Waals surface area contributed by atoms with E-state index in [1.54, 1.807) is 65.6 Å². The van der Waals surface area contributed by atoms with Gasteiger partial charge in [-0.3, -0.25) is 19.2 Å². The molecule has 0 spiro atoms. The van der Waals surface area contributed by atoms with E-state index in [-0.39, 0.29) is 26.3 Å². The summed E-state index contributed by atoms with van der Waals surface area (Å²) < 4.78 is 17.1. The summed E-state index contributed by atoms with van der Waals surface area (Å²) in [6.07, 6.45) is 0. The van der Waals surface area contributed by atoms with Crippen molar-refractivity contribution in [2.24, 2.45) is 23.7 Å². The van der Waals surface area contributed by atoms with Gasteiger partial charge in [0.1, 0.15) is 24.7 Å². The smallest absolute Gasteiger partial charge is 0.311 e. The lowest BCUT2D eigenvalue weighted by Gasteiger charge is -2.47. The van der Waals surface area contributed by atoms with Gasteiger partial charge in [-0.05, 0) is 46.5 Å². The lowest BCUT2D eigenvalue weighted by Crippen LogP contribution is -2.62. The first-order valence-corrected chi connectivity index (χ1v) is 16.7. The molecule has 2 atom stereocenters. The molecule has 5 aromatic carbocycles. The Labute approximate surface area is 296 Å². The molecule has 0 heterocycles. The number of aliphatic carboxylic acids is 1. The zero-order chi connectivity index (χ0) is 35.6. The highest BCUT2D eigenvalue weighted by Crippen LogP contribution is 2.49. The number of carboxylic acid groups (broad SMARTS) is 1. The molecule has 51 heavy (non-hydrogen) atoms. The average molecular weight is 684 g/mol. The van der Waals surface area contributed by atoms with Gasteiger partial charge < -0.3 is 24.2 Å². The highest BCUT2D eigenvalue weighted by Gasteiger charge is 2.65. The van der Waals surface area contributed by atoms with Crippen molar-refractivity contribution in [3.8, 4) is 11.5 Å². The zero-order valence-corrected chi connectivity index (χ0v) is 27.7. The van der Waals surface area contributed by atoms with Gasteiger partial charge in [0.15, 0.2) is 0 Å². The molecule has 0 saturated heterocycles. The summed E-state index contributed by atoms with van der Waals surface area (Å²) in [5, 5.41) is 10.3. The second kappa shape index (κ2) is 16.5. The minimum Gasteiger partial charge on any atom is -0.481 e. The molecule has 0 radical (unpaired) electrons. The summed E-state index contributed by atoms with van der Waals surface area (Å²) in [4.78, 5) is 56.3. The van der Waals surface area contributed by atoms with Crippen LogP contribution in [0.5, 0.6) is 11.5 Å². The Kier molecular flexibility index (Phi) is 11.2. The van der Waals surface area contributed by atoms with Gasteiger partial charge in [-0.15, -0.1) is 0 Å². The van der Waals surface area contributed by atoms with Gasteiger partial charge in [-0.2, -0.15) is 0 Å². The van der Waals surface area contributed by atoms with E-state index in [4.69, 9.17) is 14.2 Å². The maximum absolute atomic E-state index is 14.7. The van der Waals surface area contributed by atoms with Crippen molar-refractivity contribution >= 4 is 23.8 Å². The van der Waals surface area contributed by atoms with E-state index in [0.717, 1.165) is 11.1 Å². The van der Waals surface area contributed by atoms with Crippen LogP contribution in [0.1, 0.15) is 22.3 Å². The third kappa shape index (κ3) is 8.69. The van der Waals surface area contributed by atoms with E-state index in [2.05, 4.69) is 0 Å². The standard InChI is InChI=1S/C42H37NO8/c44-39(43(25-29-13-5-1-6-14-29)26-30-21-23-34(24-22-30)51-33-19-11-4-12-20-33)35-37(41(47)49-27-31-15-7-2-8-16-31)36(40(45)46)38(35)42(48)50-28-32-17-9-3-10-18-32/h1-24,35-38H,25-28H2,(H,45,46)/t35?,36?,37-,38-/m0/s1. The number of carbonyl (C=O) groups is 4. The molecule has 1 N–H and O–H groups in total. The fraction of sp³-hybridized carbons (Fsp3) is 0.190. The van der Waals surface area contributed by atoms with Crippen LogP contribution in [-0.2, 0) is 55.0 Å². The third-order valence-electron chi connectivity index (χ3n) is 8.91. The molecule has 0 aliphatic heterocycles. The lowest BCUT2D eigenvalue weighted by atomic mass is 9.55. The Morgan fingerprint density at radius 2 is 0.863 bits per heavy atom. The molecule has 0 unspecified atom stereocenters. The van der Waals surface area contributed by atoms with E-state index in [9.17, 15) is 24.3 Å². The summed E-state index contributed by atoms with van der Waals surface area (Å²) in [6.45, 7) is 0.0360. The molecule has 0 aromatic heterocycles. The highest BCUT2D eigenvalue weighted by molar-refractivity contribution is 5.98. The predicted molar refractivity (Wildman–Crippen MR) is 188 cm³/mol. The molecular weight excluding hydrogens is 646 g/mol. The lowest BCUT2D eigenvalue weighted by molar-refractivity contribution is -0.195. The van der Waals surface area contributed by atoms with Crippen LogP contribution >= 0.6 is 0 Å². The van der Waals surface area contributed by atoms with Crippen LogP contribution in [0.4, 0.5) is 0 Å². The molecule has 1 aliphatic rings. The van der Waals surface area contributed by atoms with Crippen LogP contribution in [0.25, 0.3) is 0 Å². The van der Waals surface area contributed by atoms with Crippen LogP contribution in [-0.4, -0.2) is 33.8 Å². The van der Waals surface area contributed by atoms with Gasteiger partial charge in [-0.1, -0.05) is 121 Å². The van der Waals surface area contributed by atoms with Gasteiger partial charge in [0.05, 0.1) is 23.7 Å². The summed E-state index contributed by atoms with van der Waals surface area (Å²) in [6, 6.07) is 43.8. The predicted octanol–water partition coefficient (Wildman–Crippen LogP) is 7.06. The molecule has 1 aliphatic carbocycles. The molecule has 1 amide bonds. The molecule has 9 heteroatoms. The molecular formula is C42H37NO8. The fourth-order valence-corrected chi connectivity index (χ4v) is 6.33. The molecule has 0 bridgehead atoms. The number of amides is 1. The number of nitrogens with zero attached hydrogens (tertiary/aromatic N) is 1. The minimum absolute atomic E-state index is 0.113. The molecule has 258 valence electrons. The van der Waals surface area contributed by atoms with Gasteiger partial charge in [0.2, 0.25) is 5.91 Å². The first-order valence-electron chi connectivity index (χ1n) is 16.7. The van der Waals surface area contributed by atoms with E-state index in [1.165, 1.54) is 0 Å². The number of hydrogen-bond acceptors (Lipinski definition) is 7. The third-order valence-corrected chi connectivity index (χ3v) is 8.91. The van der Waals surface area contributed by atoms with Crippen LogP contribution in [0.2, 0.25) is 0 Å². The number of carboxylic acids is 1. The summed E-state index contributed by atoms with van der Waals surface area (Å²) in [5.74, 6) is -8.04. The fourth-order valence-electron chi connectivity index (χ4n) is 6.33. The average Bonchev–Trinajstić information content (AvgIpc) is 3.15. The van der Waals surface area contributed by atoms with Gasteiger partial charge >= 0.3 is 17.9 Å². The Hall–Kier alpha value is -6.22. The van der Waals surface area contributed by atoms with Gasteiger partial charge in [0, 0.05) is 13.1 Å². The quantitative estimate of drug-likeness (QED) is 0.124. The first-order chi connectivity index (χ1) is 24.9. The van der Waals surface area contributed by atoms with Crippen molar-refractivity contribution < 1.29 is 38.5 Å². The number of hydrogen-bond donors (Lipinski definition) is 1. The normalized spacial score (nSPS) is 17.7. The largest absolute Gasteiger partial charge is 0.481 e.